The van der Waals surface area contributed by atoms with E-state index in [0.717, 1.165) is 16.3 Å². The molecule has 2 atom stereocenters. The number of nitrogens with zero attached hydrogens (tertiary/aromatic N) is 6. The summed E-state index contributed by atoms with van der Waals surface area (Å²) >= 11 is 0. The molecule has 0 bridgehead atoms. The van der Waals surface area contributed by atoms with Gasteiger partial charge in [0.05, 0.1) is 5.71 Å². The quantitative estimate of drug-likeness (QED) is 0.764. The van der Waals surface area contributed by atoms with Crippen LogP contribution in [-0.2, 0) is 4.79 Å². The third kappa shape index (κ3) is 3.04. The topological polar surface area (TPSA) is 83.6 Å². The van der Waals surface area contributed by atoms with Crippen LogP contribution >= 0.6 is 0 Å². The van der Waals surface area contributed by atoms with E-state index in [2.05, 4.69) is 15.4 Å². The van der Waals surface area contributed by atoms with Gasteiger partial charge in [-0.15, -0.1) is 10.1 Å². The van der Waals surface area contributed by atoms with Gasteiger partial charge in [-0.1, -0.05) is 4.99 Å². The van der Waals surface area contributed by atoms with Crippen LogP contribution in [0.25, 0.3) is 0 Å². The van der Waals surface area contributed by atoms with Gasteiger partial charge in [-0.25, -0.2) is 13.8 Å². The lowest BCUT2D eigenvalue weighted by molar-refractivity contribution is -0.559. The molecule has 3 amide bonds. The Bertz CT molecular complexity index is 969. The maximum atomic E-state index is 13.1. The van der Waals surface area contributed by atoms with E-state index < -0.39 is 12.1 Å². The summed E-state index contributed by atoms with van der Waals surface area (Å²) in [4.78, 5) is 32.3. The zero-order valence-corrected chi connectivity index (χ0v) is 16.8. The van der Waals surface area contributed by atoms with Crippen molar-refractivity contribution in [3.05, 3.63) is 30.1 Å². The highest BCUT2D eigenvalue weighted by Gasteiger charge is 2.55. The molecule has 0 saturated carbocycles. The van der Waals surface area contributed by atoms with Gasteiger partial charge < -0.3 is 5.32 Å². The second-order valence-electron chi connectivity index (χ2n) is 7.29. The third-order valence-electron chi connectivity index (χ3n) is 5.48. The van der Waals surface area contributed by atoms with Crippen molar-refractivity contribution in [1.82, 2.24) is 14.8 Å². The molecule has 0 aliphatic carbocycles. The number of hydrogen-bond donors (Lipinski definition) is 1. The van der Waals surface area contributed by atoms with Gasteiger partial charge in [0, 0.05) is 26.3 Å². The molecule has 2 unspecified atom stereocenters. The largest absolute Gasteiger partial charge is 0.417 e. The Hall–Kier alpha value is -3.30. The van der Waals surface area contributed by atoms with Gasteiger partial charge in [-0.2, -0.15) is 0 Å². The molecule has 1 fully saturated rings. The number of anilines is 1. The number of imide groups is 1. The first-order valence-corrected chi connectivity index (χ1v) is 9.41. The molecule has 3 aliphatic rings. The fourth-order valence-electron chi connectivity index (χ4n) is 3.68. The smallest absolute Gasteiger partial charge is 0.382 e. The van der Waals surface area contributed by atoms with E-state index in [1.54, 1.807) is 24.2 Å². The van der Waals surface area contributed by atoms with Crippen LogP contribution in [0.15, 0.2) is 34.4 Å². The average molecular weight is 400 g/mol. The number of carbonyl (C=O) groups excluding carboxylic acids is 2. The van der Waals surface area contributed by atoms with Crippen molar-refractivity contribution in [3.8, 4) is 0 Å². The normalized spacial score (nSPS) is 23.8. The van der Waals surface area contributed by atoms with Crippen molar-refractivity contribution < 1.29 is 18.6 Å². The molecule has 29 heavy (non-hydrogen) atoms. The van der Waals surface area contributed by atoms with Crippen LogP contribution in [0, 0.1) is 5.82 Å². The molecule has 3 heterocycles. The van der Waals surface area contributed by atoms with Gasteiger partial charge >= 0.3 is 12.0 Å². The Morgan fingerprint density at radius 2 is 1.86 bits per heavy atom. The van der Waals surface area contributed by atoms with Crippen molar-refractivity contribution in [2.24, 2.45) is 10.1 Å². The van der Waals surface area contributed by atoms with Crippen LogP contribution < -0.4 is 5.32 Å². The van der Waals surface area contributed by atoms with Crippen LogP contribution in [0.3, 0.4) is 0 Å². The minimum Gasteiger partial charge on any atom is -0.382 e. The SMILES string of the molecule is CC1=NN(CCNc2ccc(F)cc2)C2=[N+](C1C)C1C(=O)N(C)C(=O)N(C)C1=N2. The zero-order valence-electron chi connectivity index (χ0n) is 16.8. The number of guanidine groups is 1. The number of likely N-dealkylation sites (N-methyl/N-ethyl adjacent to an activating group) is 2. The molecule has 1 aromatic rings. The van der Waals surface area contributed by atoms with Crippen molar-refractivity contribution in [2.75, 3.05) is 32.5 Å². The highest BCUT2D eigenvalue weighted by Crippen LogP contribution is 2.24. The third-order valence-corrected chi connectivity index (χ3v) is 5.48. The molecule has 0 radical (unpaired) electrons. The molecule has 9 nitrogen and oxygen atoms in total. The maximum absolute atomic E-state index is 13.1. The fraction of sp³-hybridized carbons (Fsp3) is 0.421. The molecule has 10 heteroatoms. The summed E-state index contributed by atoms with van der Waals surface area (Å²) in [6.45, 7) is 4.89. The summed E-state index contributed by atoms with van der Waals surface area (Å²) in [5.41, 5.74) is 1.65. The van der Waals surface area contributed by atoms with Crippen LogP contribution in [0.2, 0.25) is 0 Å². The number of fused-ring (bicyclic) bond motifs is 2. The molecule has 1 saturated heterocycles. The van der Waals surface area contributed by atoms with Crippen molar-refractivity contribution >= 4 is 35.1 Å². The lowest BCUT2D eigenvalue weighted by atomic mass is 10.1. The Morgan fingerprint density at radius 1 is 1.17 bits per heavy atom. The second-order valence-corrected chi connectivity index (χ2v) is 7.29. The van der Waals surface area contributed by atoms with E-state index in [-0.39, 0.29) is 17.8 Å². The molecule has 3 aliphatic heterocycles. The van der Waals surface area contributed by atoms with Crippen molar-refractivity contribution in [1.29, 1.82) is 0 Å². The van der Waals surface area contributed by atoms with Gasteiger partial charge in [-0.3, -0.25) is 14.6 Å². The number of hydrogen-bond acceptors (Lipinski definition) is 6. The first kappa shape index (κ1) is 19.0. The number of amidine groups is 1. The predicted octanol–water partition coefficient (Wildman–Crippen LogP) is 0.991. The van der Waals surface area contributed by atoms with Crippen molar-refractivity contribution in [2.45, 2.75) is 25.9 Å². The first-order valence-electron chi connectivity index (χ1n) is 9.41. The van der Waals surface area contributed by atoms with E-state index in [4.69, 9.17) is 0 Å². The van der Waals surface area contributed by atoms with Crippen LogP contribution in [0.1, 0.15) is 13.8 Å². The lowest BCUT2D eigenvalue weighted by Gasteiger charge is -2.33. The number of amides is 3. The minimum atomic E-state index is -0.647. The van der Waals surface area contributed by atoms with Gasteiger partial charge in [0.1, 0.15) is 18.4 Å². The lowest BCUT2D eigenvalue weighted by Crippen LogP contribution is -2.63. The molecular weight excluding hydrogens is 377 g/mol. The van der Waals surface area contributed by atoms with E-state index >= 15 is 0 Å². The van der Waals surface area contributed by atoms with E-state index in [9.17, 15) is 14.0 Å². The highest BCUT2D eigenvalue weighted by atomic mass is 19.1. The van der Waals surface area contributed by atoms with Crippen molar-refractivity contribution in [3.63, 3.8) is 0 Å². The highest BCUT2D eigenvalue weighted by molar-refractivity contribution is 6.23. The van der Waals surface area contributed by atoms with Gasteiger partial charge in [0.2, 0.25) is 11.9 Å². The standard InChI is InChI=1S/C19H23FN7O2/c1-11-12(2)27-15-16(24(3)19(29)25(4)17(15)28)22-18(27)26(23-11)10-9-21-14-7-5-13(20)6-8-14/h5-8,12,15,21H,9-10H2,1-4H3/q+1. The van der Waals surface area contributed by atoms with E-state index in [1.807, 2.05) is 18.4 Å². The fourth-order valence-corrected chi connectivity index (χ4v) is 3.68. The average Bonchev–Trinajstić information content (AvgIpc) is 3.11. The summed E-state index contributed by atoms with van der Waals surface area (Å²) in [7, 11) is 3.10. The summed E-state index contributed by atoms with van der Waals surface area (Å²) in [6, 6.07) is 4.95. The number of benzene rings is 1. The van der Waals surface area contributed by atoms with Crippen LogP contribution in [0.5, 0.6) is 0 Å². The zero-order chi connectivity index (χ0) is 20.9. The molecular formula is C19H23FN7O2+. The number of aliphatic imine (C=N–C) groups is 1. The summed E-state index contributed by atoms with van der Waals surface area (Å²) in [5.74, 6) is 0.381. The Labute approximate surface area is 167 Å². The monoisotopic (exact) mass is 400 g/mol. The number of rotatable bonds is 4. The molecule has 0 aromatic heterocycles. The van der Waals surface area contributed by atoms with Gasteiger partial charge in [-0.05, 0) is 38.1 Å². The number of halogens is 1. The van der Waals surface area contributed by atoms with Gasteiger partial charge in [0.15, 0.2) is 0 Å². The van der Waals surface area contributed by atoms with Crippen LogP contribution in [0.4, 0.5) is 14.9 Å². The molecule has 152 valence electrons. The Kier molecular flexibility index (Phi) is 4.56. The summed E-state index contributed by atoms with van der Waals surface area (Å²) in [5, 5.41) is 9.59. The number of hydrazone groups is 1. The number of nitrogens with one attached hydrogen (secondary N) is 1. The van der Waals surface area contributed by atoms with Gasteiger partial charge in [0.25, 0.3) is 5.91 Å². The molecule has 1 aromatic carbocycles. The predicted molar refractivity (Wildman–Crippen MR) is 107 cm³/mol. The molecule has 1 N–H and O–H groups in total. The Balaban J connectivity index is 1.58. The summed E-state index contributed by atoms with van der Waals surface area (Å²) in [6.07, 6.45) is 0. The second kappa shape index (κ2) is 6.94. The Morgan fingerprint density at radius 3 is 2.55 bits per heavy atom. The van der Waals surface area contributed by atoms with E-state index in [0.29, 0.717) is 24.9 Å². The molecule has 0 spiro atoms. The minimum absolute atomic E-state index is 0.128. The first-order chi connectivity index (χ1) is 13.8. The maximum Gasteiger partial charge on any atom is 0.417 e. The number of carbonyl (C=O) groups is 2. The molecule has 4 rings (SSSR count). The summed E-state index contributed by atoms with van der Waals surface area (Å²) < 4.78 is 15.0. The van der Waals surface area contributed by atoms with Crippen LogP contribution in [-0.4, -0.2) is 88.1 Å². The van der Waals surface area contributed by atoms with E-state index in [1.165, 1.54) is 24.1 Å². The number of urea groups is 1.